The molecule has 3 aromatic carbocycles. The van der Waals surface area contributed by atoms with Crippen LogP contribution in [-0.2, 0) is 10.0 Å². The van der Waals surface area contributed by atoms with Crippen molar-refractivity contribution in [3.05, 3.63) is 77.9 Å². The second kappa shape index (κ2) is 8.43. The first-order valence-corrected chi connectivity index (χ1v) is 13.6. The van der Waals surface area contributed by atoms with Crippen LogP contribution in [-0.4, -0.2) is 32.9 Å². The van der Waals surface area contributed by atoms with E-state index in [4.69, 9.17) is 4.74 Å². The minimum atomic E-state index is -3.47. The zero-order valence-electron chi connectivity index (χ0n) is 19.4. The van der Waals surface area contributed by atoms with Crippen LogP contribution in [0.2, 0.25) is 0 Å². The van der Waals surface area contributed by atoms with Crippen LogP contribution in [0.15, 0.2) is 71.6 Å². The van der Waals surface area contributed by atoms with E-state index >= 15 is 0 Å². The summed E-state index contributed by atoms with van der Waals surface area (Å²) in [6.45, 7) is 1.24. The van der Waals surface area contributed by atoms with Gasteiger partial charge in [0.05, 0.1) is 18.0 Å². The fraction of sp³-hybridized carbons (Fsp3) is 0.357. The molecule has 3 aliphatic rings. The number of hydrogen-bond acceptors (Lipinski definition) is 4. The normalized spacial score (nSPS) is 24.4. The third kappa shape index (κ3) is 3.43. The number of benzene rings is 3. The Kier molecular flexibility index (Phi) is 5.38. The summed E-state index contributed by atoms with van der Waals surface area (Å²) in [6, 6.07) is 18.3. The van der Waals surface area contributed by atoms with Crippen LogP contribution in [0.4, 0.5) is 5.69 Å². The van der Waals surface area contributed by atoms with Crippen LogP contribution in [0.3, 0.4) is 0 Å². The van der Waals surface area contributed by atoms with Gasteiger partial charge >= 0.3 is 0 Å². The number of anilines is 1. The third-order valence-electron chi connectivity index (χ3n) is 7.75. The van der Waals surface area contributed by atoms with E-state index in [1.165, 1.54) is 16.3 Å². The zero-order valence-corrected chi connectivity index (χ0v) is 20.2. The second-order valence-electron chi connectivity index (χ2n) is 9.59. The summed E-state index contributed by atoms with van der Waals surface area (Å²) in [5, 5.41) is 6.16. The van der Waals surface area contributed by atoms with Gasteiger partial charge in [-0.2, -0.15) is 4.31 Å². The van der Waals surface area contributed by atoms with Gasteiger partial charge in [-0.05, 0) is 65.8 Å². The lowest BCUT2D eigenvalue weighted by molar-refractivity contribution is 0.346. The molecule has 3 unspecified atom stereocenters. The molecule has 0 radical (unpaired) electrons. The first kappa shape index (κ1) is 21.7. The number of sulfonamides is 1. The van der Waals surface area contributed by atoms with Crippen molar-refractivity contribution < 1.29 is 13.2 Å². The minimum absolute atomic E-state index is 0.0677. The van der Waals surface area contributed by atoms with Crippen molar-refractivity contribution in [1.82, 2.24) is 4.31 Å². The van der Waals surface area contributed by atoms with E-state index < -0.39 is 10.0 Å². The van der Waals surface area contributed by atoms with Crippen molar-refractivity contribution in [3.8, 4) is 5.75 Å². The number of rotatable bonds is 4. The maximum Gasteiger partial charge on any atom is 0.243 e. The zero-order chi connectivity index (χ0) is 23.3. The smallest absolute Gasteiger partial charge is 0.243 e. The molecule has 5 nitrogen and oxygen atoms in total. The van der Waals surface area contributed by atoms with Crippen molar-refractivity contribution in [3.63, 3.8) is 0 Å². The molecule has 1 saturated heterocycles. The predicted octanol–water partition coefficient (Wildman–Crippen LogP) is 5.85. The summed E-state index contributed by atoms with van der Waals surface area (Å²) in [7, 11) is -1.74. The summed E-state index contributed by atoms with van der Waals surface area (Å²) >= 11 is 0. The van der Waals surface area contributed by atoms with E-state index in [0.29, 0.717) is 23.9 Å². The number of ether oxygens (including phenoxy) is 1. The molecule has 6 rings (SSSR count). The molecule has 0 bridgehead atoms. The van der Waals surface area contributed by atoms with E-state index in [9.17, 15) is 8.42 Å². The lowest BCUT2D eigenvalue weighted by Crippen LogP contribution is -2.36. The van der Waals surface area contributed by atoms with Crippen LogP contribution >= 0.6 is 0 Å². The highest BCUT2D eigenvalue weighted by Gasteiger charge is 2.40. The van der Waals surface area contributed by atoms with Gasteiger partial charge in [0.25, 0.3) is 0 Å². The molecule has 176 valence electrons. The van der Waals surface area contributed by atoms with Crippen molar-refractivity contribution in [2.24, 2.45) is 5.92 Å². The Morgan fingerprint density at radius 3 is 2.65 bits per heavy atom. The van der Waals surface area contributed by atoms with Crippen molar-refractivity contribution in [2.45, 2.75) is 42.5 Å². The van der Waals surface area contributed by atoms with Crippen LogP contribution in [0.1, 0.15) is 48.8 Å². The lowest BCUT2D eigenvalue weighted by atomic mass is 9.76. The Balaban J connectivity index is 1.44. The Hall–Kier alpha value is -2.83. The van der Waals surface area contributed by atoms with Gasteiger partial charge in [-0.1, -0.05) is 48.9 Å². The van der Waals surface area contributed by atoms with Crippen LogP contribution in [0.5, 0.6) is 5.75 Å². The predicted molar refractivity (Wildman–Crippen MR) is 136 cm³/mol. The number of methoxy groups -OCH3 is 1. The summed E-state index contributed by atoms with van der Waals surface area (Å²) in [5.74, 6) is 1.34. The topological polar surface area (TPSA) is 58.6 Å². The fourth-order valence-electron chi connectivity index (χ4n) is 6.05. The number of allylic oxidation sites excluding steroid dienone is 2. The number of nitrogens with one attached hydrogen (secondary N) is 1. The van der Waals surface area contributed by atoms with Crippen LogP contribution < -0.4 is 10.1 Å². The maximum absolute atomic E-state index is 13.4. The Morgan fingerprint density at radius 1 is 1.00 bits per heavy atom. The van der Waals surface area contributed by atoms with Crippen LogP contribution in [0, 0.1) is 5.92 Å². The number of fused-ring (bicyclic) bond motifs is 4. The Bertz CT molecular complexity index is 1380. The molecule has 3 aromatic rings. The standard InChI is InChI=1S/C28H30N2O3S/c1-33-26-15-12-19-8-3-4-9-21(19)27(26)28-23-11-7-10-22(23)24-18-20(13-14-25(24)29-28)34(31,32)30-16-5-2-6-17-30/h3-4,7-10,12-15,18,22-23,28-29H,2,5-6,11,16-17H2,1H3. The summed E-state index contributed by atoms with van der Waals surface area (Å²) < 4.78 is 34.2. The van der Waals surface area contributed by atoms with Gasteiger partial charge < -0.3 is 10.1 Å². The van der Waals surface area contributed by atoms with E-state index in [2.05, 4.69) is 53.9 Å². The lowest BCUT2D eigenvalue weighted by Gasteiger charge is -2.39. The van der Waals surface area contributed by atoms with Gasteiger partial charge in [-0.3, -0.25) is 0 Å². The van der Waals surface area contributed by atoms with Gasteiger partial charge in [0, 0.05) is 30.3 Å². The summed E-state index contributed by atoms with van der Waals surface area (Å²) in [4.78, 5) is 0.412. The quantitative estimate of drug-likeness (QED) is 0.482. The number of piperidine rings is 1. The van der Waals surface area contributed by atoms with E-state index in [1.807, 2.05) is 12.1 Å². The Labute approximate surface area is 201 Å². The van der Waals surface area contributed by atoms with Crippen LogP contribution in [0.25, 0.3) is 10.8 Å². The fourth-order valence-corrected chi connectivity index (χ4v) is 7.60. The third-order valence-corrected chi connectivity index (χ3v) is 9.64. The highest BCUT2D eigenvalue weighted by atomic mass is 32.2. The molecule has 3 atom stereocenters. The van der Waals surface area contributed by atoms with E-state index in [-0.39, 0.29) is 12.0 Å². The highest BCUT2D eigenvalue weighted by Crippen LogP contribution is 2.52. The van der Waals surface area contributed by atoms with Gasteiger partial charge in [-0.15, -0.1) is 0 Å². The largest absolute Gasteiger partial charge is 0.496 e. The molecule has 0 aromatic heterocycles. The molecule has 0 saturated carbocycles. The summed E-state index contributed by atoms with van der Waals surface area (Å²) in [6.07, 6.45) is 8.42. The molecule has 2 heterocycles. The number of nitrogens with zero attached hydrogens (tertiary/aromatic N) is 1. The van der Waals surface area contributed by atoms with Crippen molar-refractivity contribution in [2.75, 3.05) is 25.5 Å². The molecule has 34 heavy (non-hydrogen) atoms. The average Bonchev–Trinajstić information content (AvgIpc) is 3.38. The maximum atomic E-state index is 13.4. The molecule has 0 spiro atoms. The monoisotopic (exact) mass is 474 g/mol. The molecular formula is C28H30N2O3S. The molecule has 1 N–H and O–H groups in total. The SMILES string of the molecule is COc1ccc2ccccc2c1C1Nc2ccc(S(=O)(=O)N3CCCCC3)cc2C2C=CCC21. The first-order chi connectivity index (χ1) is 16.6. The molecule has 0 amide bonds. The van der Waals surface area contributed by atoms with Gasteiger partial charge in [0.2, 0.25) is 10.0 Å². The molecule has 2 aliphatic heterocycles. The molecule has 1 fully saturated rings. The second-order valence-corrected chi connectivity index (χ2v) is 11.5. The van der Waals surface area contributed by atoms with Gasteiger partial charge in [-0.25, -0.2) is 8.42 Å². The highest BCUT2D eigenvalue weighted by molar-refractivity contribution is 7.89. The molecular weight excluding hydrogens is 444 g/mol. The van der Waals surface area contributed by atoms with Crippen molar-refractivity contribution >= 4 is 26.5 Å². The molecule has 1 aliphatic carbocycles. The average molecular weight is 475 g/mol. The van der Waals surface area contributed by atoms with Gasteiger partial charge in [0.1, 0.15) is 5.75 Å². The molecule has 6 heteroatoms. The van der Waals surface area contributed by atoms with Crippen molar-refractivity contribution in [1.29, 1.82) is 0 Å². The van der Waals surface area contributed by atoms with Gasteiger partial charge in [0.15, 0.2) is 0 Å². The summed E-state index contributed by atoms with van der Waals surface area (Å²) in [5.41, 5.74) is 3.26. The Morgan fingerprint density at radius 2 is 1.82 bits per heavy atom. The minimum Gasteiger partial charge on any atom is -0.496 e. The van der Waals surface area contributed by atoms with E-state index in [0.717, 1.165) is 42.7 Å². The van der Waals surface area contributed by atoms with E-state index in [1.54, 1.807) is 17.5 Å². The first-order valence-electron chi connectivity index (χ1n) is 12.2. The number of hydrogen-bond donors (Lipinski definition) is 1.